The Labute approximate surface area is 72.6 Å². The summed E-state index contributed by atoms with van der Waals surface area (Å²) in [5.74, 6) is 0.410. The van der Waals surface area contributed by atoms with E-state index in [9.17, 15) is 8.42 Å². The summed E-state index contributed by atoms with van der Waals surface area (Å²) in [5, 5.41) is 8.24. The normalized spacial score (nSPS) is 32.6. The molecule has 1 spiro atoms. The molecule has 0 radical (unpaired) electrons. The molecule has 2 aliphatic rings. The smallest absolute Gasteiger partial charge is 0.209 e. The van der Waals surface area contributed by atoms with Crippen LogP contribution in [0.15, 0.2) is 0 Å². The number of sulfonamides is 1. The Morgan fingerprint density at radius 2 is 2.17 bits per heavy atom. The Bertz CT molecular complexity index is 282. The molecule has 1 saturated heterocycles. The third-order valence-corrected chi connectivity index (χ3v) is 3.93. The van der Waals surface area contributed by atoms with Gasteiger partial charge < -0.3 is 5.32 Å². The molecule has 0 amide bonds. The highest BCUT2D eigenvalue weighted by atomic mass is 32.2. The highest BCUT2D eigenvalue weighted by molar-refractivity contribution is 7.89. The molecular formula is C7H14N2O2S. The lowest BCUT2D eigenvalue weighted by Gasteiger charge is -2.14. The van der Waals surface area contributed by atoms with Gasteiger partial charge in [-0.15, -0.1) is 0 Å². The van der Waals surface area contributed by atoms with Crippen molar-refractivity contribution in [3.63, 3.8) is 0 Å². The second-order valence-electron chi connectivity index (χ2n) is 4.02. The van der Waals surface area contributed by atoms with Crippen molar-refractivity contribution in [1.29, 1.82) is 0 Å². The molecular weight excluding hydrogens is 176 g/mol. The van der Waals surface area contributed by atoms with E-state index >= 15 is 0 Å². The van der Waals surface area contributed by atoms with Gasteiger partial charge in [0.25, 0.3) is 0 Å². The Morgan fingerprint density at radius 3 is 2.67 bits per heavy atom. The summed E-state index contributed by atoms with van der Waals surface area (Å²) in [6.07, 6.45) is 2.33. The molecule has 1 aliphatic carbocycles. The van der Waals surface area contributed by atoms with Gasteiger partial charge >= 0.3 is 0 Å². The van der Waals surface area contributed by atoms with Crippen molar-refractivity contribution in [1.82, 2.24) is 5.32 Å². The minimum Gasteiger partial charge on any atom is -0.316 e. The fourth-order valence-corrected chi connectivity index (χ4v) is 3.15. The van der Waals surface area contributed by atoms with Gasteiger partial charge in [0.2, 0.25) is 10.0 Å². The molecule has 5 heteroatoms. The molecule has 2 rings (SSSR count). The summed E-state index contributed by atoms with van der Waals surface area (Å²) in [7, 11) is -3.28. The monoisotopic (exact) mass is 190 g/mol. The number of hydrogen-bond donors (Lipinski definition) is 2. The van der Waals surface area contributed by atoms with Crippen LogP contribution in [0, 0.1) is 11.3 Å². The van der Waals surface area contributed by atoms with Crippen LogP contribution in [0.25, 0.3) is 0 Å². The van der Waals surface area contributed by atoms with E-state index in [1.54, 1.807) is 0 Å². The SMILES string of the molecule is NS(=O)(=O)CC1CNCC12CC2. The molecule has 0 aromatic carbocycles. The van der Waals surface area contributed by atoms with E-state index < -0.39 is 10.0 Å². The molecule has 1 saturated carbocycles. The van der Waals surface area contributed by atoms with Crippen molar-refractivity contribution in [2.45, 2.75) is 12.8 Å². The van der Waals surface area contributed by atoms with Crippen LogP contribution in [0.5, 0.6) is 0 Å². The summed E-state index contributed by atoms with van der Waals surface area (Å²) in [5.41, 5.74) is 0.298. The maximum absolute atomic E-state index is 10.9. The average molecular weight is 190 g/mol. The topological polar surface area (TPSA) is 72.2 Å². The number of nitrogens with two attached hydrogens (primary N) is 1. The molecule has 1 heterocycles. The molecule has 0 aromatic heterocycles. The second-order valence-corrected chi connectivity index (χ2v) is 5.68. The van der Waals surface area contributed by atoms with Crippen LogP contribution in [-0.4, -0.2) is 27.3 Å². The Morgan fingerprint density at radius 1 is 1.50 bits per heavy atom. The van der Waals surface area contributed by atoms with Crippen LogP contribution >= 0.6 is 0 Å². The van der Waals surface area contributed by atoms with Crippen LogP contribution in [0.4, 0.5) is 0 Å². The van der Waals surface area contributed by atoms with Gasteiger partial charge in [-0.05, 0) is 30.7 Å². The van der Waals surface area contributed by atoms with Gasteiger partial charge in [-0.25, -0.2) is 13.6 Å². The van der Waals surface area contributed by atoms with Gasteiger partial charge in [0.1, 0.15) is 0 Å². The van der Waals surface area contributed by atoms with Gasteiger partial charge in [0.15, 0.2) is 0 Å². The van der Waals surface area contributed by atoms with Crippen LogP contribution in [0.3, 0.4) is 0 Å². The highest BCUT2D eigenvalue weighted by Gasteiger charge is 2.52. The number of primary sulfonamides is 1. The summed E-state index contributed by atoms with van der Waals surface area (Å²) < 4.78 is 21.7. The maximum atomic E-state index is 10.9. The lowest BCUT2D eigenvalue weighted by Crippen LogP contribution is -2.28. The van der Waals surface area contributed by atoms with Crippen LogP contribution in [-0.2, 0) is 10.0 Å². The Balaban J connectivity index is 2.05. The third kappa shape index (κ3) is 1.48. The molecule has 3 N–H and O–H groups in total. The molecule has 4 nitrogen and oxygen atoms in total. The zero-order valence-corrected chi connectivity index (χ0v) is 7.73. The molecule has 2 fully saturated rings. The summed E-state index contributed by atoms with van der Waals surface area (Å²) in [4.78, 5) is 0. The summed E-state index contributed by atoms with van der Waals surface area (Å²) in [6, 6.07) is 0. The van der Waals surface area contributed by atoms with Crippen molar-refractivity contribution >= 4 is 10.0 Å². The number of nitrogens with one attached hydrogen (secondary N) is 1. The first-order valence-electron chi connectivity index (χ1n) is 4.23. The molecule has 0 aromatic rings. The van der Waals surface area contributed by atoms with Gasteiger partial charge in [-0.3, -0.25) is 0 Å². The van der Waals surface area contributed by atoms with Crippen LogP contribution in [0.2, 0.25) is 0 Å². The first-order chi connectivity index (χ1) is 5.52. The molecule has 12 heavy (non-hydrogen) atoms. The fraction of sp³-hybridized carbons (Fsp3) is 1.00. The standard InChI is InChI=1S/C7H14N2O2S/c8-12(10,11)4-6-3-9-5-7(6)1-2-7/h6,9H,1-5H2,(H2,8,10,11). The zero-order chi connectivity index (χ0) is 8.82. The summed E-state index contributed by atoms with van der Waals surface area (Å²) >= 11 is 0. The molecule has 70 valence electrons. The van der Waals surface area contributed by atoms with Crippen molar-refractivity contribution < 1.29 is 8.42 Å². The van der Waals surface area contributed by atoms with Crippen molar-refractivity contribution in [2.24, 2.45) is 16.5 Å². The predicted octanol–water partition coefficient (Wildman–Crippen LogP) is -0.725. The highest BCUT2D eigenvalue weighted by Crippen LogP contribution is 2.53. The molecule has 1 atom stereocenters. The fourth-order valence-electron chi connectivity index (χ4n) is 2.12. The van der Waals surface area contributed by atoms with Gasteiger partial charge in [0.05, 0.1) is 5.75 Å². The molecule has 0 bridgehead atoms. The number of hydrogen-bond acceptors (Lipinski definition) is 3. The number of rotatable bonds is 2. The lowest BCUT2D eigenvalue weighted by atomic mass is 9.95. The van der Waals surface area contributed by atoms with Gasteiger partial charge in [-0.1, -0.05) is 0 Å². The van der Waals surface area contributed by atoms with E-state index in [1.807, 2.05) is 0 Å². The Hall–Kier alpha value is -0.130. The first kappa shape index (κ1) is 8.47. The van der Waals surface area contributed by atoms with E-state index in [0.29, 0.717) is 5.41 Å². The molecule has 1 unspecified atom stereocenters. The lowest BCUT2D eigenvalue weighted by molar-refractivity contribution is 0.430. The summed E-state index contributed by atoms with van der Waals surface area (Å²) in [6.45, 7) is 1.80. The van der Waals surface area contributed by atoms with Crippen molar-refractivity contribution in [3.8, 4) is 0 Å². The van der Waals surface area contributed by atoms with Gasteiger partial charge in [0, 0.05) is 6.54 Å². The van der Waals surface area contributed by atoms with E-state index in [2.05, 4.69) is 5.32 Å². The molecule has 1 aliphatic heterocycles. The van der Waals surface area contributed by atoms with E-state index in [-0.39, 0.29) is 11.7 Å². The predicted molar refractivity (Wildman–Crippen MR) is 46.0 cm³/mol. The van der Waals surface area contributed by atoms with Gasteiger partial charge in [-0.2, -0.15) is 0 Å². The van der Waals surface area contributed by atoms with E-state index in [0.717, 1.165) is 13.1 Å². The zero-order valence-electron chi connectivity index (χ0n) is 6.91. The van der Waals surface area contributed by atoms with E-state index in [1.165, 1.54) is 12.8 Å². The van der Waals surface area contributed by atoms with Crippen LogP contribution < -0.4 is 10.5 Å². The van der Waals surface area contributed by atoms with Crippen molar-refractivity contribution in [3.05, 3.63) is 0 Å². The first-order valence-corrected chi connectivity index (χ1v) is 5.95. The largest absolute Gasteiger partial charge is 0.316 e. The van der Waals surface area contributed by atoms with Crippen LogP contribution in [0.1, 0.15) is 12.8 Å². The third-order valence-electron chi connectivity index (χ3n) is 3.06. The average Bonchev–Trinajstić information content (AvgIpc) is 2.54. The second kappa shape index (κ2) is 2.43. The minimum absolute atomic E-state index is 0.153. The van der Waals surface area contributed by atoms with E-state index in [4.69, 9.17) is 5.14 Å². The maximum Gasteiger partial charge on any atom is 0.209 e. The minimum atomic E-state index is -3.28. The van der Waals surface area contributed by atoms with Crippen molar-refractivity contribution in [2.75, 3.05) is 18.8 Å². The Kier molecular flexibility index (Phi) is 1.72. The quantitative estimate of drug-likeness (QED) is 0.603.